The van der Waals surface area contributed by atoms with Gasteiger partial charge in [-0.25, -0.2) is 4.98 Å². The van der Waals surface area contributed by atoms with Crippen molar-refractivity contribution in [3.05, 3.63) is 21.8 Å². The van der Waals surface area contributed by atoms with Crippen molar-refractivity contribution < 1.29 is 14.3 Å². The van der Waals surface area contributed by atoms with Gasteiger partial charge in [-0.15, -0.1) is 0 Å². The molecule has 1 amide bonds. The number of aromatic nitrogens is 1. The lowest BCUT2D eigenvalue weighted by Gasteiger charge is -2.08. The second-order valence-electron chi connectivity index (χ2n) is 4.86. The fourth-order valence-corrected chi connectivity index (χ4v) is 2.11. The first-order valence-electron chi connectivity index (χ1n) is 6.17. The molecule has 0 bridgehead atoms. The molecule has 5 nitrogen and oxygen atoms in total. The molecule has 0 unspecified atom stereocenters. The lowest BCUT2D eigenvalue weighted by atomic mass is 10.3. The summed E-state index contributed by atoms with van der Waals surface area (Å²) < 4.78 is 4.92. The van der Waals surface area contributed by atoms with Crippen molar-refractivity contribution >= 4 is 40.9 Å². The van der Waals surface area contributed by atoms with Gasteiger partial charge in [0.2, 0.25) is 0 Å². The van der Waals surface area contributed by atoms with Gasteiger partial charge in [-0.2, -0.15) is 0 Å². The van der Waals surface area contributed by atoms with Crippen LogP contribution >= 0.6 is 23.2 Å². The number of ether oxygens (including phenoxy) is 1. The zero-order valence-corrected chi connectivity index (χ0v) is 12.6. The van der Waals surface area contributed by atoms with Gasteiger partial charge in [0.05, 0.1) is 21.7 Å². The number of carbonyl (C=O) groups is 2. The molecule has 1 aromatic heterocycles. The average Bonchev–Trinajstić information content (AvgIpc) is 3.10. The van der Waals surface area contributed by atoms with E-state index >= 15 is 0 Å². The minimum atomic E-state index is -0.484. The molecule has 1 heterocycles. The topological polar surface area (TPSA) is 68.3 Å². The molecule has 1 N–H and O–H groups in total. The minimum Gasteiger partial charge on any atom is -0.455 e. The first-order valence-corrected chi connectivity index (χ1v) is 6.93. The van der Waals surface area contributed by atoms with Gasteiger partial charge >= 0.3 is 5.97 Å². The summed E-state index contributed by atoms with van der Waals surface area (Å²) in [6.07, 6.45) is 0.824. The summed E-state index contributed by atoms with van der Waals surface area (Å²) in [6.45, 7) is 3.32. The number of halogens is 2. The smallest absolute Gasteiger partial charge is 0.309 e. The van der Waals surface area contributed by atoms with Gasteiger partial charge < -0.3 is 10.1 Å². The predicted molar refractivity (Wildman–Crippen MR) is 75.9 cm³/mol. The quantitative estimate of drug-likeness (QED) is 0.867. The summed E-state index contributed by atoms with van der Waals surface area (Å²) in [5, 5.41) is 3.14. The molecule has 7 heteroatoms. The van der Waals surface area contributed by atoms with Crippen LogP contribution < -0.4 is 5.32 Å². The summed E-state index contributed by atoms with van der Waals surface area (Å²) >= 11 is 11.8. The van der Waals surface area contributed by atoms with Crippen LogP contribution in [0.3, 0.4) is 0 Å². The Kier molecular flexibility index (Phi) is 4.50. The van der Waals surface area contributed by atoms with Crippen LogP contribution in [-0.2, 0) is 14.3 Å². The minimum absolute atomic E-state index is 0.0673. The fraction of sp³-hybridized carbons (Fsp3) is 0.462. The summed E-state index contributed by atoms with van der Waals surface area (Å²) in [6, 6.07) is 1.50. The summed E-state index contributed by atoms with van der Waals surface area (Å²) in [7, 11) is 0. The molecule has 1 aliphatic rings. The third-order valence-corrected chi connectivity index (χ3v) is 3.79. The molecule has 0 saturated heterocycles. The molecular formula is C13H14Cl2N2O3. The summed E-state index contributed by atoms with van der Waals surface area (Å²) in [4.78, 5) is 27.2. The van der Waals surface area contributed by atoms with Crippen LogP contribution in [0.5, 0.6) is 0 Å². The van der Waals surface area contributed by atoms with Gasteiger partial charge in [0.25, 0.3) is 5.91 Å². The Bertz CT molecular complexity index is 563. The highest BCUT2D eigenvalue weighted by molar-refractivity contribution is 6.36. The van der Waals surface area contributed by atoms with Crippen molar-refractivity contribution in [2.45, 2.75) is 20.3 Å². The Balaban J connectivity index is 1.88. The van der Waals surface area contributed by atoms with Crippen molar-refractivity contribution in [2.24, 2.45) is 11.8 Å². The molecule has 0 aromatic carbocycles. The van der Waals surface area contributed by atoms with E-state index in [-0.39, 0.29) is 29.3 Å². The van der Waals surface area contributed by atoms with E-state index in [4.69, 9.17) is 27.9 Å². The molecule has 108 valence electrons. The second-order valence-corrected chi connectivity index (χ2v) is 5.68. The van der Waals surface area contributed by atoms with Gasteiger partial charge in [-0.1, -0.05) is 30.1 Å². The molecule has 0 radical (unpaired) electrons. The van der Waals surface area contributed by atoms with Crippen molar-refractivity contribution in [1.29, 1.82) is 0 Å². The van der Waals surface area contributed by atoms with E-state index in [1.54, 1.807) is 6.92 Å². The van der Waals surface area contributed by atoms with Crippen molar-refractivity contribution in [2.75, 3.05) is 11.9 Å². The van der Waals surface area contributed by atoms with Gasteiger partial charge in [-0.05, 0) is 25.3 Å². The number of pyridine rings is 1. The number of anilines is 1. The van der Waals surface area contributed by atoms with E-state index in [0.717, 1.165) is 6.42 Å². The zero-order chi connectivity index (χ0) is 14.9. The maximum Gasteiger partial charge on any atom is 0.309 e. The van der Waals surface area contributed by atoms with Crippen molar-refractivity contribution in [1.82, 2.24) is 4.98 Å². The van der Waals surface area contributed by atoms with Gasteiger partial charge in [0.15, 0.2) is 12.4 Å². The maximum atomic E-state index is 11.7. The summed E-state index contributed by atoms with van der Waals surface area (Å²) in [5.41, 5.74) is 0.551. The third-order valence-electron chi connectivity index (χ3n) is 3.12. The van der Waals surface area contributed by atoms with Crippen LogP contribution in [0.15, 0.2) is 6.07 Å². The number of hydrogen-bond acceptors (Lipinski definition) is 4. The van der Waals surface area contributed by atoms with Gasteiger partial charge in [0, 0.05) is 0 Å². The molecule has 2 rings (SSSR count). The molecule has 1 saturated carbocycles. The Morgan fingerprint density at radius 2 is 2.10 bits per heavy atom. The van der Waals surface area contributed by atoms with Crippen LogP contribution in [0.2, 0.25) is 10.0 Å². The monoisotopic (exact) mass is 316 g/mol. The van der Waals surface area contributed by atoms with Crippen LogP contribution in [0.1, 0.15) is 19.0 Å². The maximum absolute atomic E-state index is 11.7. The van der Waals surface area contributed by atoms with Crippen molar-refractivity contribution in [3.63, 3.8) is 0 Å². The summed E-state index contributed by atoms with van der Waals surface area (Å²) in [5.74, 6) is -0.334. The molecular weight excluding hydrogens is 303 g/mol. The van der Waals surface area contributed by atoms with Gasteiger partial charge in [0.1, 0.15) is 0 Å². The first kappa shape index (κ1) is 15.1. The Labute approximate surface area is 126 Å². The van der Waals surface area contributed by atoms with E-state index in [0.29, 0.717) is 16.6 Å². The average molecular weight is 317 g/mol. The largest absolute Gasteiger partial charge is 0.455 e. The number of esters is 1. The fourth-order valence-electron chi connectivity index (χ4n) is 1.71. The second kappa shape index (κ2) is 5.97. The predicted octanol–water partition coefficient (Wildman–Crippen LogP) is 2.83. The molecule has 20 heavy (non-hydrogen) atoms. The molecule has 0 spiro atoms. The van der Waals surface area contributed by atoms with Crippen LogP contribution in [0, 0.1) is 18.8 Å². The Hall–Kier alpha value is -1.33. The molecule has 1 fully saturated rings. The van der Waals surface area contributed by atoms with E-state index in [1.165, 1.54) is 6.07 Å². The van der Waals surface area contributed by atoms with E-state index in [9.17, 15) is 9.59 Å². The van der Waals surface area contributed by atoms with Crippen LogP contribution in [-0.4, -0.2) is 23.5 Å². The lowest BCUT2D eigenvalue weighted by molar-refractivity contribution is -0.148. The number of aryl methyl sites for hydroxylation is 1. The molecule has 0 aliphatic heterocycles. The normalized spacial score (nSPS) is 20.4. The molecule has 2 atom stereocenters. The highest BCUT2D eigenvalue weighted by atomic mass is 35.5. The standard InChI is InChI=1S/C13H14Cl2N2O3/c1-6-3-8(6)13(19)20-5-11(18)17-12-10(15)4-9(14)7(2)16-12/h4,6,8H,3,5H2,1-2H3,(H,16,17,18)/t6-,8-/m1/s1. The Morgan fingerprint density at radius 1 is 1.45 bits per heavy atom. The van der Waals surface area contributed by atoms with E-state index < -0.39 is 5.91 Å². The number of nitrogens with zero attached hydrogens (tertiary/aromatic N) is 1. The van der Waals surface area contributed by atoms with Crippen molar-refractivity contribution in [3.8, 4) is 0 Å². The molecule has 1 aliphatic carbocycles. The number of nitrogens with one attached hydrogen (secondary N) is 1. The van der Waals surface area contributed by atoms with E-state index in [1.807, 2.05) is 6.92 Å². The van der Waals surface area contributed by atoms with Crippen LogP contribution in [0.25, 0.3) is 0 Å². The number of amides is 1. The zero-order valence-electron chi connectivity index (χ0n) is 11.1. The third kappa shape index (κ3) is 3.61. The van der Waals surface area contributed by atoms with Crippen LogP contribution in [0.4, 0.5) is 5.82 Å². The molecule has 1 aromatic rings. The van der Waals surface area contributed by atoms with Gasteiger partial charge in [-0.3, -0.25) is 9.59 Å². The van der Waals surface area contributed by atoms with E-state index in [2.05, 4.69) is 10.3 Å². The highest BCUT2D eigenvalue weighted by Crippen LogP contribution is 2.38. The number of hydrogen-bond donors (Lipinski definition) is 1. The first-order chi connectivity index (χ1) is 9.38. The number of rotatable bonds is 4. The SMILES string of the molecule is Cc1nc(NC(=O)COC(=O)[C@@H]2C[C@H]2C)c(Cl)cc1Cl. The highest BCUT2D eigenvalue weighted by Gasteiger charge is 2.40. The Morgan fingerprint density at radius 3 is 2.70 bits per heavy atom. The lowest BCUT2D eigenvalue weighted by Crippen LogP contribution is -2.22. The number of carbonyl (C=O) groups excluding carboxylic acids is 2.